The minimum absolute atomic E-state index is 0.0967. The van der Waals surface area contributed by atoms with Crippen molar-refractivity contribution < 1.29 is 15.0 Å². The number of aliphatic hydroxyl groups excluding tert-OH is 1. The first-order chi connectivity index (χ1) is 10.6. The van der Waals surface area contributed by atoms with Gasteiger partial charge in [0.25, 0.3) is 0 Å². The fraction of sp³-hybridized carbons (Fsp3) is 0.850. The van der Waals surface area contributed by atoms with E-state index in [2.05, 4.69) is 27.4 Å². The van der Waals surface area contributed by atoms with Gasteiger partial charge < -0.3 is 10.2 Å². The molecule has 2 fully saturated rings. The molecule has 132 valence electrons. The summed E-state index contributed by atoms with van der Waals surface area (Å²) in [5.41, 5.74) is 1.58. The largest absolute Gasteiger partial charge is 0.481 e. The lowest BCUT2D eigenvalue weighted by atomic mass is 9.46. The number of rotatable bonds is 5. The Kier molecular flexibility index (Phi) is 5.30. The summed E-state index contributed by atoms with van der Waals surface area (Å²) in [5, 5.41) is 19.4. The maximum atomic E-state index is 10.9. The van der Waals surface area contributed by atoms with Crippen LogP contribution in [0, 0.1) is 28.6 Å². The Hall–Kier alpha value is -0.830. The monoisotopic (exact) mass is 322 g/mol. The number of carboxylic acid groups (broad SMARTS) is 1. The molecule has 2 saturated carbocycles. The highest BCUT2D eigenvalue weighted by Crippen LogP contribution is 2.61. The van der Waals surface area contributed by atoms with Crippen molar-refractivity contribution in [3.05, 3.63) is 12.2 Å². The summed E-state index contributed by atoms with van der Waals surface area (Å²) in [4.78, 5) is 10.9. The van der Waals surface area contributed by atoms with E-state index in [1.54, 1.807) is 0 Å². The Bertz CT molecular complexity index is 468. The molecular weight excluding hydrogens is 288 g/mol. The number of carboxylic acids is 1. The summed E-state index contributed by atoms with van der Waals surface area (Å²) < 4.78 is 0. The normalized spacial score (nSPS) is 38.0. The molecule has 0 aromatic rings. The van der Waals surface area contributed by atoms with Gasteiger partial charge in [-0.15, -0.1) is 0 Å². The smallest absolute Gasteiger partial charge is 0.303 e. The van der Waals surface area contributed by atoms with Crippen molar-refractivity contribution in [2.45, 2.75) is 78.7 Å². The summed E-state index contributed by atoms with van der Waals surface area (Å²) in [6.07, 6.45) is 5.95. The van der Waals surface area contributed by atoms with Crippen LogP contribution >= 0.6 is 0 Å². The fourth-order valence-electron chi connectivity index (χ4n) is 5.83. The molecule has 0 heterocycles. The number of aliphatic carboxylic acids is 1. The van der Waals surface area contributed by atoms with Crippen LogP contribution in [0.2, 0.25) is 0 Å². The highest BCUT2D eigenvalue weighted by molar-refractivity contribution is 5.66. The molecule has 2 rings (SSSR count). The number of aliphatic hydroxyl groups is 1. The van der Waals surface area contributed by atoms with Crippen molar-refractivity contribution in [1.82, 2.24) is 0 Å². The van der Waals surface area contributed by atoms with Crippen molar-refractivity contribution in [3.63, 3.8) is 0 Å². The van der Waals surface area contributed by atoms with E-state index >= 15 is 0 Å². The van der Waals surface area contributed by atoms with Gasteiger partial charge in [0.15, 0.2) is 0 Å². The third kappa shape index (κ3) is 3.81. The molecule has 2 aliphatic carbocycles. The zero-order valence-corrected chi connectivity index (χ0v) is 15.3. The van der Waals surface area contributed by atoms with Gasteiger partial charge in [0.05, 0.1) is 6.10 Å². The minimum atomic E-state index is -0.710. The molecule has 23 heavy (non-hydrogen) atoms. The molecule has 3 heteroatoms. The number of hydrogen-bond donors (Lipinski definition) is 2. The van der Waals surface area contributed by atoms with Crippen LogP contribution in [0.15, 0.2) is 12.2 Å². The second-order valence-electron chi connectivity index (χ2n) is 9.14. The van der Waals surface area contributed by atoms with E-state index in [0.29, 0.717) is 11.8 Å². The maximum Gasteiger partial charge on any atom is 0.303 e. The second kappa shape index (κ2) is 6.58. The zero-order chi connectivity index (χ0) is 17.4. The molecule has 5 atom stereocenters. The van der Waals surface area contributed by atoms with Crippen molar-refractivity contribution >= 4 is 5.97 Å². The zero-order valence-electron chi connectivity index (χ0n) is 15.3. The van der Waals surface area contributed by atoms with E-state index in [0.717, 1.165) is 32.1 Å². The Morgan fingerprint density at radius 2 is 2.00 bits per heavy atom. The van der Waals surface area contributed by atoms with Crippen LogP contribution in [0.25, 0.3) is 0 Å². The first-order valence-electron chi connectivity index (χ1n) is 9.14. The maximum absolute atomic E-state index is 10.9. The summed E-state index contributed by atoms with van der Waals surface area (Å²) in [5.74, 6) is 0.513. The molecule has 0 amide bonds. The molecule has 0 bridgehead atoms. The fourth-order valence-corrected chi connectivity index (χ4v) is 5.83. The molecular formula is C20H34O3. The lowest BCUT2D eigenvalue weighted by molar-refractivity contribution is -0.138. The molecule has 0 radical (unpaired) electrons. The summed E-state index contributed by atoms with van der Waals surface area (Å²) >= 11 is 0. The second-order valence-corrected chi connectivity index (χ2v) is 9.14. The van der Waals surface area contributed by atoms with E-state index in [9.17, 15) is 9.90 Å². The van der Waals surface area contributed by atoms with Crippen molar-refractivity contribution in [3.8, 4) is 0 Å². The van der Waals surface area contributed by atoms with Gasteiger partial charge in [-0.25, -0.2) is 0 Å². The highest BCUT2D eigenvalue weighted by atomic mass is 16.4. The van der Waals surface area contributed by atoms with Gasteiger partial charge in [-0.3, -0.25) is 4.79 Å². The van der Waals surface area contributed by atoms with E-state index < -0.39 is 5.97 Å². The Morgan fingerprint density at radius 3 is 2.61 bits per heavy atom. The van der Waals surface area contributed by atoms with E-state index in [1.807, 2.05) is 6.92 Å². The summed E-state index contributed by atoms with van der Waals surface area (Å²) in [6, 6.07) is 0. The highest BCUT2D eigenvalue weighted by Gasteiger charge is 2.54. The number of fused-ring (bicyclic) bond motifs is 1. The summed E-state index contributed by atoms with van der Waals surface area (Å²) in [6.45, 7) is 13.3. The van der Waals surface area contributed by atoms with Crippen LogP contribution < -0.4 is 0 Å². The first-order valence-corrected chi connectivity index (χ1v) is 9.14. The van der Waals surface area contributed by atoms with Gasteiger partial charge in [0.2, 0.25) is 0 Å². The Morgan fingerprint density at radius 1 is 1.35 bits per heavy atom. The predicted molar refractivity (Wildman–Crippen MR) is 93.1 cm³/mol. The molecule has 5 unspecified atom stereocenters. The van der Waals surface area contributed by atoms with Crippen molar-refractivity contribution in [2.75, 3.05) is 0 Å². The van der Waals surface area contributed by atoms with Gasteiger partial charge >= 0.3 is 5.97 Å². The van der Waals surface area contributed by atoms with Crippen LogP contribution in [0.5, 0.6) is 0 Å². The van der Waals surface area contributed by atoms with Crippen LogP contribution in [-0.4, -0.2) is 22.3 Å². The Labute approximate surface area is 141 Å². The quantitative estimate of drug-likeness (QED) is 0.725. The standard InChI is InChI=1S/C20H34O3/c1-13(10-18(22)23)6-8-16-14(2)7-9-17-19(3,4)11-15(21)12-20(16,17)5/h13,15-17,21H,2,6-12H2,1,3-5H3,(H,22,23). The van der Waals surface area contributed by atoms with Crippen LogP contribution in [0.4, 0.5) is 0 Å². The third-order valence-electron chi connectivity index (χ3n) is 6.69. The third-order valence-corrected chi connectivity index (χ3v) is 6.69. The SMILES string of the molecule is C=C1CCC2C(C)(C)CC(O)CC2(C)C1CCC(C)CC(=O)O. The van der Waals surface area contributed by atoms with E-state index in [1.165, 1.54) is 12.0 Å². The summed E-state index contributed by atoms with van der Waals surface area (Å²) in [7, 11) is 0. The number of carbonyl (C=O) groups is 1. The molecule has 2 aliphatic rings. The number of allylic oxidation sites excluding steroid dienone is 1. The minimum Gasteiger partial charge on any atom is -0.481 e. The van der Waals surface area contributed by atoms with Crippen molar-refractivity contribution in [2.24, 2.45) is 28.6 Å². The van der Waals surface area contributed by atoms with Crippen LogP contribution in [0.3, 0.4) is 0 Å². The average Bonchev–Trinajstić information content (AvgIpc) is 2.34. The lowest BCUT2D eigenvalue weighted by Crippen LogP contribution is -2.53. The first kappa shape index (κ1) is 18.5. The molecule has 0 aliphatic heterocycles. The van der Waals surface area contributed by atoms with Gasteiger partial charge in [-0.2, -0.15) is 0 Å². The van der Waals surface area contributed by atoms with E-state index in [-0.39, 0.29) is 29.3 Å². The van der Waals surface area contributed by atoms with Gasteiger partial charge in [0.1, 0.15) is 0 Å². The van der Waals surface area contributed by atoms with Gasteiger partial charge in [0, 0.05) is 6.42 Å². The lowest BCUT2D eigenvalue weighted by Gasteiger charge is -2.59. The molecule has 2 N–H and O–H groups in total. The molecule has 0 spiro atoms. The van der Waals surface area contributed by atoms with Crippen molar-refractivity contribution in [1.29, 1.82) is 0 Å². The Balaban J connectivity index is 2.16. The van der Waals surface area contributed by atoms with Gasteiger partial charge in [-0.1, -0.05) is 39.8 Å². The van der Waals surface area contributed by atoms with Crippen LogP contribution in [-0.2, 0) is 4.79 Å². The molecule has 3 nitrogen and oxygen atoms in total. The topological polar surface area (TPSA) is 57.5 Å². The predicted octanol–water partition coefficient (Wildman–Crippen LogP) is 4.65. The molecule has 0 aromatic carbocycles. The molecule has 0 saturated heterocycles. The molecule has 0 aromatic heterocycles. The number of hydrogen-bond acceptors (Lipinski definition) is 2. The van der Waals surface area contributed by atoms with Gasteiger partial charge in [-0.05, 0) is 67.1 Å². The van der Waals surface area contributed by atoms with E-state index in [4.69, 9.17) is 5.11 Å². The van der Waals surface area contributed by atoms with Crippen LogP contribution in [0.1, 0.15) is 72.6 Å². The average molecular weight is 322 g/mol.